The number of nitrogens with zero attached hydrogens (tertiary/aromatic N) is 2. The Balaban J connectivity index is 1.25. The van der Waals surface area contributed by atoms with E-state index in [1.54, 1.807) is 25.6 Å². The highest BCUT2D eigenvalue weighted by Gasteiger charge is 2.16. The van der Waals surface area contributed by atoms with Gasteiger partial charge < -0.3 is 19.5 Å². The Morgan fingerprint density at radius 3 is 2.57 bits per heavy atom. The van der Waals surface area contributed by atoms with Gasteiger partial charge in [-0.05, 0) is 67.9 Å². The molecule has 1 saturated heterocycles. The summed E-state index contributed by atoms with van der Waals surface area (Å²) < 4.78 is 17.0. The summed E-state index contributed by atoms with van der Waals surface area (Å²) >= 11 is 1.67. The summed E-state index contributed by atoms with van der Waals surface area (Å²) in [6, 6.07) is 14.4. The predicted octanol–water partition coefficient (Wildman–Crippen LogP) is 6.70. The van der Waals surface area contributed by atoms with Crippen molar-refractivity contribution < 1.29 is 14.2 Å². The number of nitrogens with one attached hydrogen (secondary N) is 1. The van der Waals surface area contributed by atoms with E-state index in [0.29, 0.717) is 6.54 Å². The van der Waals surface area contributed by atoms with Crippen LogP contribution in [0.2, 0.25) is 0 Å². The fraction of sp³-hybridized carbons (Fsp3) is 0.367. The molecule has 0 bridgehead atoms. The molecule has 7 heteroatoms. The Labute approximate surface area is 223 Å². The second-order valence-electron chi connectivity index (χ2n) is 9.35. The van der Waals surface area contributed by atoms with Crippen molar-refractivity contribution in [2.45, 2.75) is 32.2 Å². The Hall–Kier alpha value is -3.29. The fourth-order valence-electron chi connectivity index (χ4n) is 4.68. The minimum atomic E-state index is 0.687. The van der Waals surface area contributed by atoms with Gasteiger partial charge in [-0.25, -0.2) is 4.98 Å². The van der Waals surface area contributed by atoms with Gasteiger partial charge >= 0.3 is 0 Å². The van der Waals surface area contributed by atoms with E-state index in [0.717, 1.165) is 63.7 Å². The number of methoxy groups -OCH3 is 2. The number of likely N-dealkylation sites (tertiary alicyclic amines) is 1. The molecule has 1 aliphatic carbocycles. The van der Waals surface area contributed by atoms with Crippen molar-refractivity contribution in [2.75, 3.05) is 45.8 Å². The zero-order valence-corrected chi connectivity index (χ0v) is 22.5. The van der Waals surface area contributed by atoms with E-state index >= 15 is 0 Å². The number of fused-ring (bicyclic) bond motifs is 1. The number of hydrogen-bond acceptors (Lipinski definition) is 7. The summed E-state index contributed by atoms with van der Waals surface area (Å²) in [7, 11) is 3.41. The third-order valence-electron chi connectivity index (χ3n) is 6.82. The minimum absolute atomic E-state index is 0.687. The van der Waals surface area contributed by atoms with Crippen LogP contribution >= 0.6 is 11.3 Å². The maximum atomic E-state index is 5.99. The number of rotatable bonds is 10. The first-order chi connectivity index (χ1) is 18.2. The highest BCUT2D eigenvalue weighted by molar-refractivity contribution is 7.16. The molecular formula is C30H35N3O3S. The van der Waals surface area contributed by atoms with Crippen molar-refractivity contribution in [3.8, 4) is 22.1 Å². The van der Waals surface area contributed by atoms with E-state index in [9.17, 15) is 0 Å². The van der Waals surface area contributed by atoms with Crippen LogP contribution in [-0.4, -0.2) is 50.3 Å². The summed E-state index contributed by atoms with van der Waals surface area (Å²) in [5, 5.41) is 4.57. The zero-order valence-electron chi connectivity index (χ0n) is 21.7. The topological polar surface area (TPSA) is 55.9 Å². The van der Waals surface area contributed by atoms with Gasteiger partial charge in [0.2, 0.25) is 0 Å². The van der Waals surface area contributed by atoms with Crippen LogP contribution in [0, 0.1) is 0 Å². The van der Waals surface area contributed by atoms with Gasteiger partial charge in [0.15, 0.2) is 0 Å². The Morgan fingerprint density at radius 2 is 1.78 bits per heavy atom. The van der Waals surface area contributed by atoms with Crippen LogP contribution in [0.5, 0.6) is 11.5 Å². The molecule has 194 valence electrons. The smallest absolute Gasteiger partial charge is 0.126 e. The summed E-state index contributed by atoms with van der Waals surface area (Å²) in [5.74, 6) is 2.67. The lowest BCUT2D eigenvalue weighted by Crippen LogP contribution is -2.33. The maximum Gasteiger partial charge on any atom is 0.126 e. The molecule has 37 heavy (non-hydrogen) atoms. The first kappa shape index (κ1) is 25.4. The fourth-order valence-corrected chi connectivity index (χ4v) is 5.72. The van der Waals surface area contributed by atoms with Crippen molar-refractivity contribution in [3.63, 3.8) is 0 Å². The lowest BCUT2D eigenvalue weighted by Gasteiger charge is -2.26. The summed E-state index contributed by atoms with van der Waals surface area (Å²) in [4.78, 5) is 8.53. The quantitative estimate of drug-likeness (QED) is 0.323. The molecule has 0 amide bonds. The molecule has 6 nitrogen and oxygen atoms in total. The number of anilines is 1. The van der Waals surface area contributed by atoms with Crippen molar-refractivity contribution >= 4 is 29.2 Å². The first-order valence-electron chi connectivity index (χ1n) is 13.0. The van der Waals surface area contributed by atoms with E-state index < -0.39 is 0 Å². The van der Waals surface area contributed by atoms with E-state index in [1.165, 1.54) is 37.9 Å². The molecule has 0 atom stereocenters. The van der Waals surface area contributed by atoms with Crippen molar-refractivity contribution in [2.24, 2.45) is 0 Å². The lowest BCUT2D eigenvalue weighted by molar-refractivity contribution is 0.183. The average molecular weight is 518 g/mol. The highest BCUT2D eigenvalue weighted by atomic mass is 32.1. The summed E-state index contributed by atoms with van der Waals surface area (Å²) in [5.41, 5.74) is 4.20. The van der Waals surface area contributed by atoms with Gasteiger partial charge in [-0.1, -0.05) is 24.6 Å². The number of aromatic nitrogens is 1. The highest BCUT2D eigenvalue weighted by Crippen LogP contribution is 2.38. The molecule has 0 spiro atoms. The largest absolute Gasteiger partial charge is 0.501 e. The lowest BCUT2D eigenvalue weighted by atomic mass is 10.1. The van der Waals surface area contributed by atoms with Crippen molar-refractivity contribution in [3.05, 3.63) is 70.4 Å². The second-order valence-corrected chi connectivity index (χ2v) is 10.4. The maximum absolute atomic E-state index is 5.99. The summed E-state index contributed by atoms with van der Waals surface area (Å²) in [6.07, 6.45) is 11.0. The number of thiazole rings is 1. The molecule has 2 aromatic carbocycles. The third kappa shape index (κ3) is 6.53. The molecule has 0 saturated carbocycles. The third-order valence-corrected chi connectivity index (χ3v) is 7.87. The average Bonchev–Trinajstić information content (AvgIpc) is 3.24. The van der Waals surface area contributed by atoms with Gasteiger partial charge in [0.05, 0.1) is 24.8 Å². The van der Waals surface area contributed by atoms with E-state index in [2.05, 4.69) is 58.8 Å². The van der Waals surface area contributed by atoms with Gasteiger partial charge in [-0.3, -0.25) is 4.90 Å². The molecule has 0 radical (unpaired) electrons. The molecule has 2 heterocycles. The Kier molecular flexibility index (Phi) is 8.43. The number of piperidine rings is 1. The monoisotopic (exact) mass is 517 g/mol. The minimum Gasteiger partial charge on any atom is -0.501 e. The van der Waals surface area contributed by atoms with E-state index in [-0.39, 0.29) is 0 Å². The van der Waals surface area contributed by atoms with Crippen LogP contribution in [-0.2, 0) is 11.3 Å². The summed E-state index contributed by atoms with van der Waals surface area (Å²) in [6.45, 7) is 4.82. The van der Waals surface area contributed by atoms with E-state index in [1.807, 2.05) is 12.1 Å². The zero-order chi connectivity index (χ0) is 25.5. The molecule has 1 aromatic heterocycles. The van der Waals surface area contributed by atoms with Gasteiger partial charge in [0, 0.05) is 36.8 Å². The molecule has 0 unspecified atom stereocenters. The van der Waals surface area contributed by atoms with Crippen LogP contribution in [0.15, 0.2) is 54.3 Å². The van der Waals surface area contributed by atoms with Crippen LogP contribution in [0.3, 0.4) is 0 Å². The number of benzene rings is 2. The standard InChI is InChI=1S/C30H35N3O3S/c1-34-24-7-6-8-27-29(20-24)37-30(32-27)26-14-13-25(35-2)19-28(26)31-21-22-9-11-23(12-10-22)36-18-17-33-15-4-3-5-16-33/h6,8-14,19-20,31H,3-5,7,15-18,21H2,1-2H3. The molecule has 2 aliphatic rings. The molecule has 5 rings (SSSR count). The van der Waals surface area contributed by atoms with Crippen LogP contribution < -0.4 is 14.8 Å². The molecular weight excluding hydrogens is 482 g/mol. The van der Waals surface area contributed by atoms with Gasteiger partial charge in [-0.15, -0.1) is 11.3 Å². The van der Waals surface area contributed by atoms with Crippen LogP contribution in [0.4, 0.5) is 5.69 Å². The normalized spacial score (nSPS) is 15.5. The van der Waals surface area contributed by atoms with Gasteiger partial charge in [-0.2, -0.15) is 0 Å². The molecule has 1 fully saturated rings. The SMILES string of the molecule is COC1=Cc2sc(-c3ccc(OC)cc3NCc3ccc(OCCN4CCCCC4)cc3)nc2C=CC1. The van der Waals surface area contributed by atoms with Crippen LogP contribution in [0.1, 0.15) is 41.8 Å². The van der Waals surface area contributed by atoms with Gasteiger partial charge in [0.25, 0.3) is 0 Å². The molecule has 1 N–H and O–H groups in total. The molecule has 3 aromatic rings. The predicted molar refractivity (Wildman–Crippen MR) is 152 cm³/mol. The van der Waals surface area contributed by atoms with Crippen LogP contribution in [0.25, 0.3) is 22.7 Å². The van der Waals surface area contributed by atoms with E-state index in [4.69, 9.17) is 19.2 Å². The van der Waals surface area contributed by atoms with Crippen molar-refractivity contribution in [1.29, 1.82) is 0 Å². The number of ether oxygens (including phenoxy) is 3. The Morgan fingerprint density at radius 1 is 0.973 bits per heavy atom. The first-order valence-corrected chi connectivity index (χ1v) is 13.8. The van der Waals surface area contributed by atoms with Crippen molar-refractivity contribution in [1.82, 2.24) is 9.88 Å². The number of hydrogen-bond donors (Lipinski definition) is 1. The number of allylic oxidation sites excluding steroid dienone is 1. The Bertz CT molecular complexity index is 1240. The second kappa shape index (κ2) is 12.3. The molecule has 1 aliphatic heterocycles. The van der Waals surface area contributed by atoms with Gasteiger partial charge in [0.1, 0.15) is 28.9 Å².